The third-order valence-corrected chi connectivity index (χ3v) is 4.27. The molecule has 2 amide bonds. The van der Waals surface area contributed by atoms with E-state index in [4.69, 9.17) is 9.47 Å². The van der Waals surface area contributed by atoms with E-state index in [2.05, 4.69) is 18.5 Å². The molecule has 1 heterocycles. The smallest absolute Gasteiger partial charge is 0.415 e. The minimum Gasteiger partial charge on any atom is -0.467 e. The van der Waals surface area contributed by atoms with Gasteiger partial charge in [-0.15, -0.1) is 6.58 Å². The Morgan fingerprint density at radius 1 is 1.42 bits per heavy atom. The quantitative estimate of drug-likeness (QED) is 0.425. The van der Waals surface area contributed by atoms with E-state index in [1.807, 2.05) is 0 Å². The summed E-state index contributed by atoms with van der Waals surface area (Å²) in [5, 5.41) is 12.5. The van der Waals surface area contributed by atoms with Gasteiger partial charge in [0.25, 0.3) is 0 Å². The fourth-order valence-corrected chi connectivity index (χ4v) is 2.96. The van der Waals surface area contributed by atoms with Gasteiger partial charge in [-0.25, -0.2) is 9.59 Å². The molecule has 0 radical (unpaired) electrons. The first-order valence-corrected chi connectivity index (χ1v) is 7.60. The maximum absolute atomic E-state index is 12.6. The number of amides is 2. The highest BCUT2D eigenvalue weighted by atomic mass is 16.6. The Kier molecular flexibility index (Phi) is 4.98. The van der Waals surface area contributed by atoms with Crippen molar-refractivity contribution in [3.05, 3.63) is 25.0 Å². The van der Waals surface area contributed by atoms with Crippen molar-refractivity contribution in [1.29, 1.82) is 0 Å². The highest BCUT2D eigenvalue weighted by molar-refractivity contribution is 5.94. The van der Waals surface area contributed by atoms with Crippen molar-refractivity contribution in [2.75, 3.05) is 13.7 Å². The Bertz CT molecular complexity index is 589. The Morgan fingerprint density at radius 2 is 2.08 bits per heavy atom. The van der Waals surface area contributed by atoms with E-state index in [1.165, 1.54) is 14.0 Å². The van der Waals surface area contributed by atoms with E-state index in [-0.39, 0.29) is 24.6 Å². The molecule has 2 N–H and O–H groups in total. The Balaban J connectivity index is 2.12. The van der Waals surface area contributed by atoms with Crippen LogP contribution in [0.4, 0.5) is 4.79 Å². The summed E-state index contributed by atoms with van der Waals surface area (Å²) in [6.07, 6.45) is 0.422. The van der Waals surface area contributed by atoms with Gasteiger partial charge in [0, 0.05) is 12.3 Å². The summed E-state index contributed by atoms with van der Waals surface area (Å²) in [6, 6.07) is -0.931. The van der Waals surface area contributed by atoms with Crippen molar-refractivity contribution in [2.45, 2.75) is 37.5 Å². The monoisotopic (exact) mass is 338 g/mol. The first-order valence-electron chi connectivity index (χ1n) is 7.60. The van der Waals surface area contributed by atoms with Crippen LogP contribution in [0.15, 0.2) is 25.0 Å². The second kappa shape index (κ2) is 6.64. The first-order chi connectivity index (χ1) is 11.2. The number of hydrogen-bond acceptors (Lipinski definition) is 6. The summed E-state index contributed by atoms with van der Waals surface area (Å²) in [5.41, 5.74) is -1.15. The van der Waals surface area contributed by atoms with Crippen LogP contribution in [0.1, 0.15) is 19.8 Å². The highest BCUT2D eigenvalue weighted by Gasteiger charge is 2.61. The molecule has 132 valence electrons. The molecule has 0 unspecified atom stereocenters. The highest BCUT2D eigenvalue weighted by Crippen LogP contribution is 2.45. The molecular weight excluding hydrogens is 316 g/mol. The molecule has 1 aliphatic carbocycles. The summed E-state index contributed by atoms with van der Waals surface area (Å²) in [7, 11) is 1.24. The Labute approximate surface area is 140 Å². The predicted octanol–water partition coefficient (Wildman–Crippen LogP) is 0.326. The number of rotatable bonds is 5. The zero-order chi connectivity index (χ0) is 18.1. The number of hydrogen-bond donors (Lipinski definition) is 2. The summed E-state index contributed by atoms with van der Waals surface area (Å²) >= 11 is 0. The van der Waals surface area contributed by atoms with Gasteiger partial charge < -0.3 is 19.9 Å². The van der Waals surface area contributed by atoms with Gasteiger partial charge in [-0.2, -0.15) is 0 Å². The molecule has 8 nitrogen and oxygen atoms in total. The largest absolute Gasteiger partial charge is 0.467 e. The van der Waals surface area contributed by atoms with Gasteiger partial charge >= 0.3 is 12.1 Å². The van der Waals surface area contributed by atoms with Crippen molar-refractivity contribution in [2.24, 2.45) is 5.92 Å². The summed E-state index contributed by atoms with van der Waals surface area (Å²) in [6.45, 7) is 8.59. The fourth-order valence-electron chi connectivity index (χ4n) is 2.96. The van der Waals surface area contributed by atoms with Crippen molar-refractivity contribution in [3.8, 4) is 0 Å². The Hall–Kier alpha value is -2.35. The number of carbonyl (C=O) groups excluding carboxylic acids is 3. The van der Waals surface area contributed by atoms with Gasteiger partial charge in [0.05, 0.1) is 25.5 Å². The van der Waals surface area contributed by atoms with Crippen LogP contribution in [0.2, 0.25) is 0 Å². The number of nitrogens with zero attached hydrogens (tertiary/aromatic N) is 1. The topological polar surface area (TPSA) is 105 Å². The molecule has 0 spiro atoms. The van der Waals surface area contributed by atoms with Crippen LogP contribution in [0.5, 0.6) is 0 Å². The van der Waals surface area contributed by atoms with Crippen molar-refractivity contribution < 1.29 is 29.0 Å². The van der Waals surface area contributed by atoms with Gasteiger partial charge in [-0.1, -0.05) is 12.7 Å². The lowest BCUT2D eigenvalue weighted by molar-refractivity contribution is -0.147. The van der Waals surface area contributed by atoms with Gasteiger partial charge in [0.1, 0.15) is 11.6 Å². The van der Waals surface area contributed by atoms with Crippen LogP contribution in [-0.4, -0.2) is 59.3 Å². The summed E-state index contributed by atoms with van der Waals surface area (Å²) in [4.78, 5) is 37.8. The number of allylic oxidation sites excluding steroid dienone is 1. The van der Waals surface area contributed by atoms with Crippen LogP contribution in [0.3, 0.4) is 0 Å². The zero-order valence-corrected chi connectivity index (χ0v) is 13.8. The van der Waals surface area contributed by atoms with Gasteiger partial charge in [-0.3, -0.25) is 9.69 Å². The maximum atomic E-state index is 12.6. The molecule has 0 aromatic heterocycles. The van der Waals surface area contributed by atoms with E-state index < -0.39 is 35.7 Å². The molecule has 24 heavy (non-hydrogen) atoms. The number of likely N-dealkylation sites (tertiary alicyclic amines) is 1. The number of nitrogens with one attached hydrogen (secondary N) is 1. The minimum absolute atomic E-state index is 0.0275. The molecular formula is C16H22N2O6. The van der Waals surface area contributed by atoms with Crippen LogP contribution in [0, 0.1) is 5.92 Å². The molecule has 2 fully saturated rings. The first kappa shape index (κ1) is 18.0. The van der Waals surface area contributed by atoms with Crippen LogP contribution in [-0.2, 0) is 19.1 Å². The number of ether oxygens (including phenoxy) is 2. The number of methoxy groups -OCH3 is 1. The fraction of sp³-hybridized carbons (Fsp3) is 0.562. The number of β-amino-alcohol motifs (C(OH)–C–C–N with tert-alkyl or cyclic N) is 1. The molecule has 0 aromatic rings. The zero-order valence-electron chi connectivity index (χ0n) is 13.8. The lowest BCUT2D eigenvalue weighted by Gasteiger charge is -2.25. The normalized spacial score (nSPS) is 31.1. The molecule has 0 bridgehead atoms. The number of esters is 1. The lowest BCUT2D eigenvalue weighted by atomic mass is 10.1. The second-order valence-corrected chi connectivity index (χ2v) is 6.13. The number of aliphatic hydroxyl groups excluding tert-OH is 1. The van der Waals surface area contributed by atoms with Crippen LogP contribution >= 0.6 is 0 Å². The summed E-state index contributed by atoms with van der Waals surface area (Å²) < 4.78 is 9.67. The van der Waals surface area contributed by atoms with E-state index in [1.54, 1.807) is 6.08 Å². The van der Waals surface area contributed by atoms with Crippen molar-refractivity contribution in [1.82, 2.24) is 10.2 Å². The van der Waals surface area contributed by atoms with E-state index in [0.717, 1.165) is 4.90 Å². The van der Waals surface area contributed by atoms with E-state index in [9.17, 15) is 19.5 Å². The van der Waals surface area contributed by atoms with Crippen molar-refractivity contribution >= 4 is 18.0 Å². The molecule has 1 saturated heterocycles. The Morgan fingerprint density at radius 3 is 2.58 bits per heavy atom. The third-order valence-electron chi connectivity index (χ3n) is 4.27. The minimum atomic E-state index is -1.15. The number of carbonyl (C=O) groups is 3. The SMILES string of the molecule is C=C[C@@H]1C[C@]1(NC(=O)[C@@H]1C[C@H](O)CN1C(=O)OC(=C)C)C(=O)OC. The average Bonchev–Trinajstić information content (AvgIpc) is 3.08. The van der Waals surface area contributed by atoms with Gasteiger partial charge in [0.2, 0.25) is 5.91 Å². The molecule has 8 heteroatoms. The molecule has 1 saturated carbocycles. The maximum Gasteiger partial charge on any atom is 0.415 e. The van der Waals surface area contributed by atoms with E-state index >= 15 is 0 Å². The molecule has 0 aromatic carbocycles. The van der Waals surface area contributed by atoms with Crippen LogP contribution in [0.25, 0.3) is 0 Å². The second-order valence-electron chi connectivity index (χ2n) is 6.13. The molecule has 1 aliphatic heterocycles. The lowest BCUT2D eigenvalue weighted by Crippen LogP contribution is -2.53. The predicted molar refractivity (Wildman–Crippen MR) is 83.6 cm³/mol. The van der Waals surface area contributed by atoms with Gasteiger partial charge in [0.15, 0.2) is 0 Å². The number of aliphatic hydroxyl groups is 1. The summed E-state index contributed by atoms with van der Waals surface area (Å²) in [5.74, 6) is -1.15. The standard InChI is InChI=1S/C16H22N2O6/c1-5-10-7-16(10,14(21)23-4)17-13(20)12-6-11(19)8-18(12)15(22)24-9(2)3/h5,10-12,19H,1-2,6-8H2,3-4H3,(H,17,20)/t10-,11+,12+,16-/m1/s1. The van der Waals surface area contributed by atoms with E-state index in [0.29, 0.717) is 6.42 Å². The average molecular weight is 338 g/mol. The molecule has 2 rings (SSSR count). The van der Waals surface area contributed by atoms with Crippen LogP contribution < -0.4 is 5.32 Å². The van der Waals surface area contributed by atoms with Gasteiger partial charge in [-0.05, 0) is 13.3 Å². The third kappa shape index (κ3) is 3.28. The molecule has 2 aliphatic rings. The molecule has 4 atom stereocenters. The van der Waals surface area contributed by atoms with Crippen molar-refractivity contribution in [3.63, 3.8) is 0 Å².